The molecule has 0 spiro atoms. The number of fused-ring (bicyclic) bond motifs is 6. The minimum absolute atomic E-state index is 0.906. The molecule has 3 heterocycles. The third-order valence-electron chi connectivity index (χ3n) is 11.2. The number of hydrogen-bond donors (Lipinski definition) is 0. The summed E-state index contributed by atoms with van der Waals surface area (Å²) in [5, 5.41) is 4.90. The number of hydrogen-bond acceptors (Lipinski definition) is 1. The molecule has 262 valence electrons. The fourth-order valence-corrected chi connectivity index (χ4v) is 8.64. The molecule has 11 rings (SSSR count). The fourth-order valence-electron chi connectivity index (χ4n) is 8.64. The third-order valence-corrected chi connectivity index (χ3v) is 11.2. The van der Waals surface area contributed by atoms with Gasteiger partial charge in [0.05, 0.1) is 27.8 Å². The van der Waals surface area contributed by atoms with Gasteiger partial charge in [0.2, 0.25) is 0 Å². The van der Waals surface area contributed by atoms with Gasteiger partial charge in [-0.2, -0.15) is 0 Å². The van der Waals surface area contributed by atoms with Crippen LogP contribution in [0.1, 0.15) is 0 Å². The summed E-state index contributed by atoms with van der Waals surface area (Å²) in [5.74, 6) is 0.906. The van der Waals surface area contributed by atoms with Crippen molar-refractivity contribution >= 4 is 43.6 Å². The lowest BCUT2D eigenvalue weighted by Gasteiger charge is -2.15. The van der Waals surface area contributed by atoms with Crippen LogP contribution in [-0.2, 0) is 0 Å². The van der Waals surface area contributed by atoms with Crippen molar-refractivity contribution in [3.8, 4) is 56.1 Å². The van der Waals surface area contributed by atoms with E-state index in [1.54, 1.807) is 0 Å². The standard InChI is InChI=1S/C53H35N3/c1-3-16-36(17-4-1)48-26-15-29-53(54-48)56-50-28-14-12-25-45(50)47-35-38(31-33-52(47)56)41-21-8-10-23-43(41)42-22-9-7-20-40(42)37-30-32-51-46(34-37)44-24-11-13-27-49(44)55(51)39-18-5-2-6-19-39/h1-35H. The minimum Gasteiger partial charge on any atom is -0.309 e. The zero-order valence-corrected chi connectivity index (χ0v) is 30.5. The summed E-state index contributed by atoms with van der Waals surface area (Å²) in [7, 11) is 0. The Balaban J connectivity index is 1.05. The zero-order valence-electron chi connectivity index (χ0n) is 30.5. The molecule has 0 aliphatic rings. The van der Waals surface area contributed by atoms with Crippen LogP contribution in [0.2, 0.25) is 0 Å². The summed E-state index contributed by atoms with van der Waals surface area (Å²) in [5.41, 5.74) is 15.1. The molecule has 0 aliphatic heterocycles. The van der Waals surface area contributed by atoms with E-state index in [4.69, 9.17) is 4.98 Å². The quantitative estimate of drug-likeness (QED) is 0.168. The molecule has 0 amide bonds. The van der Waals surface area contributed by atoms with E-state index >= 15 is 0 Å². The molecule has 0 saturated carbocycles. The normalized spacial score (nSPS) is 11.6. The molecule has 0 aliphatic carbocycles. The fraction of sp³-hybridized carbons (Fsp3) is 0. The highest BCUT2D eigenvalue weighted by molar-refractivity contribution is 6.12. The van der Waals surface area contributed by atoms with E-state index in [2.05, 4.69) is 215 Å². The first kappa shape index (κ1) is 32.0. The van der Waals surface area contributed by atoms with Crippen LogP contribution in [0.4, 0.5) is 0 Å². The molecule has 0 fully saturated rings. The minimum atomic E-state index is 0.906. The summed E-state index contributed by atoms with van der Waals surface area (Å²) in [6, 6.07) is 76.2. The van der Waals surface area contributed by atoms with Gasteiger partial charge in [0.15, 0.2) is 0 Å². The number of para-hydroxylation sites is 3. The van der Waals surface area contributed by atoms with Crippen molar-refractivity contribution in [2.24, 2.45) is 0 Å². The van der Waals surface area contributed by atoms with Gasteiger partial charge in [-0.05, 0) is 94.0 Å². The second-order valence-corrected chi connectivity index (χ2v) is 14.3. The van der Waals surface area contributed by atoms with Crippen molar-refractivity contribution in [3.63, 3.8) is 0 Å². The molecule has 0 bridgehead atoms. The largest absolute Gasteiger partial charge is 0.309 e. The second-order valence-electron chi connectivity index (χ2n) is 14.3. The van der Waals surface area contributed by atoms with E-state index in [9.17, 15) is 0 Å². The molecule has 0 saturated heterocycles. The van der Waals surface area contributed by atoms with Gasteiger partial charge >= 0.3 is 0 Å². The molecule has 56 heavy (non-hydrogen) atoms. The predicted molar refractivity (Wildman–Crippen MR) is 235 cm³/mol. The summed E-state index contributed by atoms with van der Waals surface area (Å²) >= 11 is 0. The first-order valence-electron chi connectivity index (χ1n) is 19.1. The van der Waals surface area contributed by atoms with Crippen LogP contribution < -0.4 is 0 Å². The van der Waals surface area contributed by atoms with E-state index in [0.29, 0.717) is 0 Å². The number of benzene rings is 8. The molecule has 3 nitrogen and oxygen atoms in total. The molecule has 3 aromatic heterocycles. The lowest BCUT2D eigenvalue weighted by molar-refractivity contribution is 1.08. The van der Waals surface area contributed by atoms with Crippen LogP contribution in [0.3, 0.4) is 0 Å². The van der Waals surface area contributed by atoms with E-state index in [0.717, 1.165) is 33.8 Å². The first-order chi connectivity index (χ1) is 27.8. The van der Waals surface area contributed by atoms with E-state index < -0.39 is 0 Å². The van der Waals surface area contributed by atoms with Crippen molar-refractivity contribution in [2.45, 2.75) is 0 Å². The maximum Gasteiger partial charge on any atom is 0.138 e. The number of rotatable bonds is 6. The maximum atomic E-state index is 5.17. The Bertz CT molecular complexity index is 3240. The number of nitrogens with zero attached hydrogens (tertiary/aromatic N) is 3. The lowest BCUT2D eigenvalue weighted by Crippen LogP contribution is -1.98. The van der Waals surface area contributed by atoms with Gasteiger partial charge in [-0.1, -0.05) is 152 Å². The van der Waals surface area contributed by atoms with Crippen LogP contribution in [0.5, 0.6) is 0 Å². The van der Waals surface area contributed by atoms with Crippen LogP contribution in [0.15, 0.2) is 212 Å². The first-order valence-corrected chi connectivity index (χ1v) is 19.1. The summed E-state index contributed by atoms with van der Waals surface area (Å²) in [6.45, 7) is 0. The van der Waals surface area contributed by atoms with Crippen molar-refractivity contribution in [2.75, 3.05) is 0 Å². The molecule has 0 unspecified atom stereocenters. The average Bonchev–Trinajstić information content (AvgIpc) is 3.79. The van der Waals surface area contributed by atoms with Gasteiger partial charge < -0.3 is 4.57 Å². The van der Waals surface area contributed by atoms with Gasteiger partial charge in [0, 0.05) is 32.8 Å². The smallest absolute Gasteiger partial charge is 0.138 e. The van der Waals surface area contributed by atoms with Gasteiger partial charge in [0.25, 0.3) is 0 Å². The van der Waals surface area contributed by atoms with Gasteiger partial charge in [0.1, 0.15) is 5.82 Å². The highest BCUT2D eigenvalue weighted by Gasteiger charge is 2.18. The highest BCUT2D eigenvalue weighted by Crippen LogP contribution is 2.42. The molecule has 0 atom stereocenters. The molecule has 3 heteroatoms. The topological polar surface area (TPSA) is 22.8 Å². The van der Waals surface area contributed by atoms with Crippen LogP contribution in [0, 0.1) is 0 Å². The molecular weight excluding hydrogens is 679 g/mol. The Hall–Kier alpha value is -7.49. The maximum absolute atomic E-state index is 5.17. The Morgan fingerprint density at radius 1 is 0.286 bits per heavy atom. The van der Waals surface area contributed by atoms with Gasteiger partial charge in [-0.15, -0.1) is 0 Å². The Kier molecular flexibility index (Phi) is 7.49. The van der Waals surface area contributed by atoms with Crippen molar-refractivity contribution in [1.29, 1.82) is 0 Å². The third kappa shape index (κ3) is 5.17. The van der Waals surface area contributed by atoms with Gasteiger partial charge in [-0.25, -0.2) is 4.98 Å². The monoisotopic (exact) mass is 713 g/mol. The molecule has 0 N–H and O–H groups in total. The molecule has 11 aromatic rings. The SMILES string of the molecule is c1ccc(-c2cccc(-n3c4ccccc4c4cc(-c5ccccc5-c5ccccc5-c5ccc6c(c5)c5ccccc5n6-c5ccccc5)ccc43)n2)cc1. The van der Waals surface area contributed by atoms with Crippen molar-refractivity contribution in [1.82, 2.24) is 14.1 Å². The van der Waals surface area contributed by atoms with Gasteiger partial charge in [-0.3, -0.25) is 4.57 Å². The molecule has 0 radical (unpaired) electrons. The van der Waals surface area contributed by atoms with E-state index in [-0.39, 0.29) is 0 Å². The van der Waals surface area contributed by atoms with E-state index in [1.165, 1.54) is 66.0 Å². The van der Waals surface area contributed by atoms with Crippen molar-refractivity contribution < 1.29 is 0 Å². The summed E-state index contributed by atoms with van der Waals surface area (Å²) in [6.07, 6.45) is 0. The van der Waals surface area contributed by atoms with Crippen LogP contribution in [-0.4, -0.2) is 14.1 Å². The number of pyridine rings is 1. The van der Waals surface area contributed by atoms with Crippen LogP contribution >= 0.6 is 0 Å². The van der Waals surface area contributed by atoms with E-state index in [1.807, 2.05) is 6.07 Å². The number of aromatic nitrogens is 3. The lowest BCUT2D eigenvalue weighted by atomic mass is 9.89. The average molecular weight is 714 g/mol. The Labute approximate surface area is 325 Å². The second kappa shape index (κ2) is 13.1. The summed E-state index contributed by atoms with van der Waals surface area (Å²) in [4.78, 5) is 5.17. The van der Waals surface area contributed by atoms with Crippen LogP contribution in [0.25, 0.3) is 99.8 Å². The van der Waals surface area contributed by atoms with Crippen molar-refractivity contribution in [3.05, 3.63) is 212 Å². The molecule has 8 aromatic carbocycles. The highest BCUT2D eigenvalue weighted by atomic mass is 15.1. The predicted octanol–water partition coefficient (Wildman–Crippen LogP) is 13.9. The zero-order chi connectivity index (χ0) is 37.0. The Morgan fingerprint density at radius 3 is 1.36 bits per heavy atom. The summed E-state index contributed by atoms with van der Waals surface area (Å²) < 4.78 is 4.67. The Morgan fingerprint density at radius 2 is 0.750 bits per heavy atom. The molecular formula is C53H35N3.